The van der Waals surface area contributed by atoms with Gasteiger partial charge in [0, 0.05) is 35.2 Å². The van der Waals surface area contributed by atoms with Gasteiger partial charge in [-0.1, -0.05) is 42.5 Å². The number of fused-ring (bicyclic) bond motifs is 1. The van der Waals surface area contributed by atoms with E-state index in [1.165, 1.54) is 12.1 Å². The number of rotatable bonds is 5. The van der Waals surface area contributed by atoms with E-state index in [-0.39, 0.29) is 17.8 Å². The molecule has 0 saturated heterocycles. The van der Waals surface area contributed by atoms with E-state index in [9.17, 15) is 9.18 Å². The minimum Gasteiger partial charge on any atom is -0.361 e. The summed E-state index contributed by atoms with van der Waals surface area (Å²) in [4.78, 5) is 15.7. The van der Waals surface area contributed by atoms with Crippen molar-refractivity contribution in [3.05, 3.63) is 102 Å². The number of carbonyl (C=O) groups excluding carboxylic acids is 1. The predicted octanol–water partition coefficient (Wildman–Crippen LogP) is 5.57. The Kier molecular flexibility index (Phi) is 5.29. The highest BCUT2D eigenvalue weighted by Gasteiger charge is 2.19. The Labute approximate surface area is 168 Å². The van der Waals surface area contributed by atoms with Crippen molar-refractivity contribution in [2.75, 3.05) is 11.9 Å². The quantitative estimate of drug-likeness (QED) is 0.412. The molecule has 4 rings (SSSR count). The van der Waals surface area contributed by atoms with Crippen LogP contribution in [0.5, 0.6) is 0 Å². The molecule has 0 fully saturated rings. The Morgan fingerprint density at radius 3 is 2.62 bits per heavy atom. The SMILES string of the molecule is Cc1cccc(NC(=O)NCC(c2ccc(F)cc2)c2c[nH]c3ccccc23)c1. The van der Waals surface area contributed by atoms with Crippen LogP contribution < -0.4 is 10.6 Å². The summed E-state index contributed by atoms with van der Waals surface area (Å²) in [6.07, 6.45) is 1.96. The Balaban J connectivity index is 1.57. The van der Waals surface area contributed by atoms with E-state index >= 15 is 0 Å². The maximum Gasteiger partial charge on any atom is 0.319 e. The van der Waals surface area contributed by atoms with Gasteiger partial charge in [0.15, 0.2) is 0 Å². The molecule has 0 aliphatic carbocycles. The van der Waals surface area contributed by atoms with Crippen LogP contribution in [0.25, 0.3) is 10.9 Å². The molecule has 1 heterocycles. The van der Waals surface area contributed by atoms with Crippen LogP contribution in [0.2, 0.25) is 0 Å². The van der Waals surface area contributed by atoms with Crippen LogP contribution in [-0.2, 0) is 0 Å². The smallest absolute Gasteiger partial charge is 0.319 e. The summed E-state index contributed by atoms with van der Waals surface area (Å²) in [5.41, 5.74) is 4.84. The lowest BCUT2D eigenvalue weighted by atomic mass is 9.91. The molecule has 1 unspecified atom stereocenters. The number of aromatic nitrogens is 1. The number of aryl methyl sites for hydroxylation is 1. The van der Waals surface area contributed by atoms with Crippen molar-refractivity contribution < 1.29 is 9.18 Å². The number of hydrogen-bond acceptors (Lipinski definition) is 1. The number of halogens is 1. The summed E-state index contributed by atoms with van der Waals surface area (Å²) < 4.78 is 13.4. The normalized spacial score (nSPS) is 11.9. The van der Waals surface area contributed by atoms with E-state index in [0.29, 0.717) is 6.54 Å². The molecule has 4 nitrogen and oxygen atoms in total. The number of urea groups is 1. The first-order valence-corrected chi connectivity index (χ1v) is 9.53. The molecule has 29 heavy (non-hydrogen) atoms. The van der Waals surface area contributed by atoms with E-state index in [1.54, 1.807) is 12.1 Å². The first-order chi connectivity index (χ1) is 14.1. The average molecular weight is 387 g/mol. The van der Waals surface area contributed by atoms with Crippen LogP contribution in [0, 0.1) is 12.7 Å². The van der Waals surface area contributed by atoms with E-state index in [2.05, 4.69) is 15.6 Å². The molecule has 5 heteroatoms. The molecule has 0 bridgehead atoms. The lowest BCUT2D eigenvalue weighted by molar-refractivity contribution is 0.252. The first kappa shape index (κ1) is 18.7. The maximum absolute atomic E-state index is 13.4. The first-order valence-electron chi connectivity index (χ1n) is 9.53. The van der Waals surface area contributed by atoms with Crippen LogP contribution in [-0.4, -0.2) is 17.6 Å². The molecule has 0 aliphatic rings. The molecule has 0 spiro atoms. The zero-order valence-electron chi connectivity index (χ0n) is 16.1. The van der Waals surface area contributed by atoms with E-state index in [0.717, 1.165) is 33.3 Å². The highest BCUT2D eigenvalue weighted by Crippen LogP contribution is 2.30. The van der Waals surface area contributed by atoms with Gasteiger partial charge in [-0.3, -0.25) is 0 Å². The van der Waals surface area contributed by atoms with Crippen molar-refractivity contribution in [2.24, 2.45) is 0 Å². The zero-order valence-corrected chi connectivity index (χ0v) is 16.1. The molecule has 1 aromatic heterocycles. The van der Waals surface area contributed by atoms with Crippen LogP contribution in [0.15, 0.2) is 79.0 Å². The molecule has 2 amide bonds. The monoisotopic (exact) mass is 387 g/mol. The van der Waals surface area contributed by atoms with E-state index < -0.39 is 0 Å². The fourth-order valence-electron chi connectivity index (χ4n) is 3.58. The van der Waals surface area contributed by atoms with Gasteiger partial charge in [-0.2, -0.15) is 0 Å². The molecule has 0 radical (unpaired) electrons. The van der Waals surface area contributed by atoms with Gasteiger partial charge in [-0.15, -0.1) is 0 Å². The second kappa shape index (κ2) is 8.19. The van der Waals surface area contributed by atoms with Crippen LogP contribution in [0.1, 0.15) is 22.6 Å². The third kappa shape index (κ3) is 4.29. The minimum absolute atomic E-state index is 0.116. The second-order valence-electron chi connectivity index (χ2n) is 7.10. The molecule has 4 aromatic rings. The largest absolute Gasteiger partial charge is 0.361 e. The number of H-pyrrole nitrogens is 1. The van der Waals surface area contributed by atoms with Crippen molar-refractivity contribution in [1.29, 1.82) is 0 Å². The Bertz CT molecular complexity index is 1130. The molecule has 0 saturated carbocycles. The number of aromatic amines is 1. The number of anilines is 1. The van der Waals surface area contributed by atoms with E-state index in [4.69, 9.17) is 0 Å². The fourth-order valence-corrected chi connectivity index (χ4v) is 3.58. The summed E-state index contributed by atoms with van der Waals surface area (Å²) in [6.45, 7) is 2.36. The van der Waals surface area contributed by atoms with Gasteiger partial charge >= 0.3 is 6.03 Å². The summed E-state index contributed by atoms with van der Waals surface area (Å²) >= 11 is 0. The predicted molar refractivity (Wildman–Crippen MR) is 115 cm³/mol. The van der Waals surface area contributed by atoms with Gasteiger partial charge in [0.25, 0.3) is 0 Å². The van der Waals surface area contributed by atoms with Gasteiger partial charge in [-0.25, -0.2) is 9.18 Å². The maximum atomic E-state index is 13.4. The second-order valence-corrected chi connectivity index (χ2v) is 7.10. The molecule has 3 aromatic carbocycles. The third-order valence-electron chi connectivity index (χ3n) is 5.01. The standard InChI is InChI=1S/C24H22FN3O/c1-16-5-4-6-19(13-16)28-24(29)27-14-21(17-9-11-18(25)12-10-17)22-15-26-23-8-3-2-7-20(22)23/h2-13,15,21,26H,14H2,1H3,(H2,27,28,29). The summed E-state index contributed by atoms with van der Waals surface area (Å²) in [5, 5.41) is 6.91. The van der Waals surface area contributed by atoms with Crippen LogP contribution >= 0.6 is 0 Å². The number of carbonyl (C=O) groups is 1. The van der Waals surface area contributed by atoms with Crippen molar-refractivity contribution in [1.82, 2.24) is 10.3 Å². The Morgan fingerprint density at radius 1 is 1.03 bits per heavy atom. The van der Waals surface area contributed by atoms with Crippen LogP contribution in [0.4, 0.5) is 14.9 Å². The molecular weight excluding hydrogens is 365 g/mol. The summed E-state index contributed by atoms with van der Waals surface area (Å²) in [7, 11) is 0. The van der Waals surface area contributed by atoms with Gasteiger partial charge in [0.2, 0.25) is 0 Å². The fraction of sp³-hybridized carbons (Fsp3) is 0.125. The summed E-state index contributed by atoms with van der Waals surface area (Å²) in [6, 6.07) is 21.8. The number of amides is 2. The topological polar surface area (TPSA) is 56.9 Å². The molecule has 0 aliphatic heterocycles. The molecular formula is C24H22FN3O. The number of hydrogen-bond donors (Lipinski definition) is 3. The lowest BCUT2D eigenvalue weighted by Gasteiger charge is -2.18. The van der Waals surface area contributed by atoms with Gasteiger partial charge in [0.05, 0.1) is 0 Å². The zero-order chi connectivity index (χ0) is 20.2. The van der Waals surface area contributed by atoms with Gasteiger partial charge in [-0.05, 0) is 53.9 Å². The van der Waals surface area contributed by atoms with Crippen molar-refractivity contribution >= 4 is 22.6 Å². The number of para-hydroxylation sites is 1. The summed E-state index contributed by atoms with van der Waals surface area (Å²) in [5.74, 6) is -0.397. The molecule has 146 valence electrons. The van der Waals surface area contributed by atoms with Crippen molar-refractivity contribution in [3.63, 3.8) is 0 Å². The third-order valence-corrected chi connectivity index (χ3v) is 5.01. The van der Waals surface area contributed by atoms with Gasteiger partial charge in [0.1, 0.15) is 5.82 Å². The Hall–Kier alpha value is -3.60. The van der Waals surface area contributed by atoms with Crippen LogP contribution in [0.3, 0.4) is 0 Å². The number of benzene rings is 3. The highest BCUT2D eigenvalue weighted by molar-refractivity contribution is 5.89. The average Bonchev–Trinajstić information content (AvgIpc) is 3.13. The minimum atomic E-state index is -0.281. The van der Waals surface area contributed by atoms with E-state index in [1.807, 2.05) is 61.7 Å². The highest BCUT2D eigenvalue weighted by atomic mass is 19.1. The van der Waals surface area contributed by atoms with Crippen molar-refractivity contribution in [2.45, 2.75) is 12.8 Å². The molecule has 3 N–H and O–H groups in total. The van der Waals surface area contributed by atoms with Crippen molar-refractivity contribution in [3.8, 4) is 0 Å². The lowest BCUT2D eigenvalue weighted by Crippen LogP contribution is -2.32. The van der Waals surface area contributed by atoms with Gasteiger partial charge < -0.3 is 15.6 Å². The number of nitrogens with one attached hydrogen (secondary N) is 3. The Morgan fingerprint density at radius 2 is 1.83 bits per heavy atom. The molecule has 1 atom stereocenters.